The number of benzene rings is 1. The largest absolute Gasteiger partial charge is 0.359 e. The Morgan fingerprint density at radius 1 is 1.53 bits per heavy atom. The molecular formula is C14H18BrFN2O. The van der Waals surface area contributed by atoms with Crippen LogP contribution in [0.2, 0.25) is 0 Å². The van der Waals surface area contributed by atoms with Crippen molar-refractivity contribution in [2.24, 2.45) is 5.41 Å². The monoisotopic (exact) mass is 328 g/mol. The summed E-state index contributed by atoms with van der Waals surface area (Å²) in [4.78, 5) is 14.0. The van der Waals surface area contributed by atoms with Crippen LogP contribution in [0.3, 0.4) is 0 Å². The summed E-state index contributed by atoms with van der Waals surface area (Å²) in [5, 5.41) is 2.72. The van der Waals surface area contributed by atoms with Gasteiger partial charge < -0.3 is 5.32 Å². The van der Waals surface area contributed by atoms with Gasteiger partial charge in [-0.2, -0.15) is 0 Å². The van der Waals surface area contributed by atoms with Crippen molar-refractivity contribution in [1.82, 2.24) is 10.2 Å². The number of rotatable bonds is 3. The van der Waals surface area contributed by atoms with E-state index in [-0.39, 0.29) is 17.1 Å². The highest BCUT2D eigenvalue weighted by molar-refractivity contribution is 9.10. The maximum absolute atomic E-state index is 13.3. The van der Waals surface area contributed by atoms with Crippen LogP contribution in [-0.2, 0) is 11.3 Å². The first kappa shape index (κ1) is 14.5. The van der Waals surface area contributed by atoms with Gasteiger partial charge in [-0.15, -0.1) is 0 Å². The number of carbonyl (C=O) groups is 1. The third-order valence-corrected chi connectivity index (χ3v) is 4.11. The van der Waals surface area contributed by atoms with Gasteiger partial charge in [-0.3, -0.25) is 9.69 Å². The van der Waals surface area contributed by atoms with Gasteiger partial charge >= 0.3 is 0 Å². The second-order valence-corrected chi connectivity index (χ2v) is 6.29. The van der Waals surface area contributed by atoms with Crippen LogP contribution < -0.4 is 5.32 Å². The molecule has 1 unspecified atom stereocenters. The summed E-state index contributed by atoms with van der Waals surface area (Å²) in [6.45, 7) is 4.22. The summed E-state index contributed by atoms with van der Waals surface area (Å²) < 4.78 is 14.1. The van der Waals surface area contributed by atoms with Gasteiger partial charge in [0.1, 0.15) is 5.82 Å². The highest BCUT2D eigenvalue weighted by Gasteiger charge is 2.39. The van der Waals surface area contributed by atoms with Crippen LogP contribution in [0.5, 0.6) is 0 Å². The summed E-state index contributed by atoms with van der Waals surface area (Å²) in [6.07, 6.45) is 0.836. The zero-order valence-electron chi connectivity index (χ0n) is 11.2. The molecule has 1 N–H and O–H groups in total. The van der Waals surface area contributed by atoms with E-state index in [0.717, 1.165) is 23.0 Å². The molecule has 1 aliphatic heterocycles. The molecule has 0 aliphatic carbocycles. The fourth-order valence-corrected chi connectivity index (χ4v) is 3.15. The van der Waals surface area contributed by atoms with E-state index in [9.17, 15) is 9.18 Å². The molecule has 1 amide bonds. The maximum Gasteiger partial charge on any atom is 0.227 e. The van der Waals surface area contributed by atoms with Crippen LogP contribution in [0.15, 0.2) is 22.7 Å². The van der Waals surface area contributed by atoms with Gasteiger partial charge in [0, 0.05) is 24.6 Å². The highest BCUT2D eigenvalue weighted by Crippen LogP contribution is 2.31. The molecular weight excluding hydrogens is 311 g/mol. The van der Waals surface area contributed by atoms with Crippen LogP contribution in [0.1, 0.15) is 18.9 Å². The first-order valence-corrected chi connectivity index (χ1v) is 7.12. The highest BCUT2D eigenvalue weighted by atomic mass is 79.9. The molecule has 1 aromatic rings. The van der Waals surface area contributed by atoms with E-state index < -0.39 is 0 Å². The average molecular weight is 329 g/mol. The molecule has 0 bridgehead atoms. The zero-order valence-corrected chi connectivity index (χ0v) is 12.8. The van der Waals surface area contributed by atoms with Crippen molar-refractivity contribution in [2.75, 3.05) is 20.1 Å². The fraction of sp³-hybridized carbons (Fsp3) is 0.500. The van der Waals surface area contributed by atoms with Gasteiger partial charge in [0.25, 0.3) is 0 Å². The fourth-order valence-electron chi connectivity index (χ4n) is 2.64. The molecule has 0 aromatic heterocycles. The van der Waals surface area contributed by atoms with E-state index in [1.807, 2.05) is 13.0 Å². The van der Waals surface area contributed by atoms with Gasteiger partial charge in [-0.1, -0.05) is 15.9 Å². The van der Waals surface area contributed by atoms with Crippen molar-refractivity contribution in [3.8, 4) is 0 Å². The summed E-state index contributed by atoms with van der Waals surface area (Å²) in [5.41, 5.74) is 0.590. The lowest BCUT2D eigenvalue weighted by molar-refractivity contribution is -0.129. The number of nitrogens with zero attached hydrogens (tertiary/aromatic N) is 1. The molecule has 1 atom stereocenters. The lowest BCUT2D eigenvalue weighted by atomic mass is 9.89. The van der Waals surface area contributed by atoms with Gasteiger partial charge in [0.05, 0.1) is 5.41 Å². The third-order valence-electron chi connectivity index (χ3n) is 3.66. The van der Waals surface area contributed by atoms with E-state index in [1.165, 1.54) is 6.07 Å². The van der Waals surface area contributed by atoms with Crippen molar-refractivity contribution < 1.29 is 9.18 Å². The SMILES string of the molecule is CNC(=O)C1(C)CCN(Cc2cc(F)cc(Br)c2)C1. The predicted molar refractivity (Wildman–Crippen MR) is 76.2 cm³/mol. The van der Waals surface area contributed by atoms with Crippen molar-refractivity contribution in [1.29, 1.82) is 0 Å². The molecule has 0 saturated carbocycles. The molecule has 0 spiro atoms. The number of carbonyl (C=O) groups excluding carboxylic acids is 1. The summed E-state index contributed by atoms with van der Waals surface area (Å²) in [7, 11) is 1.67. The van der Waals surface area contributed by atoms with E-state index in [0.29, 0.717) is 13.1 Å². The first-order chi connectivity index (χ1) is 8.93. The van der Waals surface area contributed by atoms with Crippen LogP contribution in [0, 0.1) is 11.2 Å². The molecule has 1 aromatic carbocycles. The van der Waals surface area contributed by atoms with Crippen LogP contribution >= 0.6 is 15.9 Å². The summed E-state index contributed by atoms with van der Waals surface area (Å²) in [6, 6.07) is 4.90. The maximum atomic E-state index is 13.3. The number of likely N-dealkylation sites (tertiary alicyclic amines) is 1. The topological polar surface area (TPSA) is 32.3 Å². The lowest BCUT2D eigenvalue weighted by Gasteiger charge is -2.22. The van der Waals surface area contributed by atoms with Gasteiger partial charge in [0.2, 0.25) is 5.91 Å². The minimum absolute atomic E-state index is 0.0791. The molecule has 5 heteroatoms. The number of amides is 1. The number of hydrogen-bond acceptors (Lipinski definition) is 2. The second-order valence-electron chi connectivity index (χ2n) is 5.38. The summed E-state index contributed by atoms with van der Waals surface area (Å²) in [5.74, 6) is -0.159. The molecule has 3 nitrogen and oxygen atoms in total. The van der Waals surface area contributed by atoms with Gasteiger partial charge in [0.15, 0.2) is 0 Å². The molecule has 2 rings (SSSR count). The second kappa shape index (κ2) is 5.59. The molecule has 104 valence electrons. The third kappa shape index (κ3) is 3.34. The Bertz CT molecular complexity index is 474. The Morgan fingerprint density at radius 2 is 2.26 bits per heavy atom. The van der Waals surface area contributed by atoms with E-state index in [1.54, 1.807) is 13.1 Å². The normalized spacial score (nSPS) is 23.6. The number of halogens is 2. The van der Waals surface area contributed by atoms with E-state index in [4.69, 9.17) is 0 Å². The summed E-state index contributed by atoms with van der Waals surface area (Å²) >= 11 is 3.30. The standard InChI is InChI=1S/C14H18BrFN2O/c1-14(13(19)17-2)3-4-18(9-14)8-10-5-11(15)7-12(16)6-10/h5-7H,3-4,8-9H2,1-2H3,(H,17,19). The van der Waals surface area contributed by atoms with Crippen molar-refractivity contribution in [3.05, 3.63) is 34.1 Å². The molecule has 1 heterocycles. The van der Waals surface area contributed by atoms with Gasteiger partial charge in [-0.05, 0) is 43.7 Å². The van der Waals surface area contributed by atoms with Gasteiger partial charge in [-0.25, -0.2) is 4.39 Å². The molecule has 1 aliphatic rings. The predicted octanol–water partition coefficient (Wildman–Crippen LogP) is 2.55. The van der Waals surface area contributed by atoms with E-state index >= 15 is 0 Å². The van der Waals surface area contributed by atoms with Crippen molar-refractivity contribution in [2.45, 2.75) is 19.9 Å². The Hall–Kier alpha value is -0.940. The zero-order chi connectivity index (χ0) is 14.0. The quantitative estimate of drug-likeness (QED) is 0.924. The molecule has 1 saturated heterocycles. The lowest BCUT2D eigenvalue weighted by Crippen LogP contribution is -2.39. The average Bonchev–Trinajstić information content (AvgIpc) is 2.69. The van der Waals surface area contributed by atoms with Crippen LogP contribution in [-0.4, -0.2) is 30.9 Å². The van der Waals surface area contributed by atoms with E-state index in [2.05, 4.69) is 26.1 Å². The number of nitrogens with one attached hydrogen (secondary N) is 1. The molecule has 0 radical (unpaired) electrons. The number of hydrogen-bond donors (Lipinski definition) is 1. The Balaban J connectivity index is 2.04. The van der Waals surface area contributed by atoms with Crippen LogP contribution in [0.4, 0.5) is 4.39 Å². The molecule has 19 heavy (non-hydrogen) atoms. The Morgan fingerprint density at radius 3 is 2.89 bits per heavy atom. The Labute approximate surface area is 121 Å². The molecule has 1 fully saturated rings. The minimum Gasteiger partial charge on any atom is -0.359 e. The van der Waals surface area contributed by atoms with Crippen molar-refractivity contribution >= 4 is 21.8 Å². The van der Waals surface area contributed by atoms with Crippen LogP contribution in [0.25, 0.3) is 0 Å². The van der Waals surface area contributed by atoms with Crippen molar-refractivity contribution in [3.63, 3.8) is 0 Å². The first-order valence-electron chi connectivity index (χ1n) is 6.32. The minimum atomic E-state index is -0.334. The smallest absolute Gasteiger partial charge is 0.227 e. The Kier molecular flexibility index (Phi) is 4.26.